The maximum Gasteiger partial charge on any atom is 0.254 e. The summed E-state index contributed by atoms with van der Waals surface area (Å²) in [5.74, 6) is 1.17. The highest BCUT2D eigenvalue weighted by molar-refractivity contribution is 8.00. The first-order chi connectivity index (χ1) is 9.25. The molecule has 1 aromatic heterocycles. The molecule has 2 aromatic rings. The lowest BCUT2D eigenvalue weighted by Crippen LogP contribution is -2.33. The molecule has 0 radical (unpaired) electrons. The van der Waals surface area contributed by atoms with Crippen LogP contribution in [0.3, 0.4) is 0 Å². The zero-order chi connectivity index (χ0) is 13.2. The molecule has 0 spiro atoms. The summed E-state index contributed by atoms with van der Waals surface area (Å²) in [6.45, 7) is 2.94. The molecule has 1 aromatic carbocycles. The first-order valence-electron chi connectivity index (χ1n) is 6.42. The maximum absolute atomic E-state index is 12.4. The first kappa shape index (κ1) is 12.4. The van der Waals surface area contributed by atoms with Crippen LogP contribution < -0.4 is 0 Å². The molecule has 1 atom stereocenters. The largest absolute Gasteiger partial charge is 0.326 e. The minimum atomic E-state index is 0.136. The van der Waals surface area contributed by atoms with Crippen LogP contribution in [-0.2, 0) is 0 Å². The van der Waals surface area contributed by atoms with Crippen LogP contribution in [0, 0.1) is 0 Å². The normalized spacial score (nSPS) is 18.8. The van der Waals surface area contributed by atoms with Crippen LogP contribution in [0.5, 0.6) is 0 Å². The van der Waals surface area contributed by atoms with Gasteiger partial charge in [0.1, 0.15) is 0 Å². The second-order valence-corrected chi connectivity index (χ2v) is 6.03. The molecule has 98 valence electrons. The second kappa shape index (κ2) is 5.13. The number of hydrogen-bond acceptors (Lipinski definition) is 2. The van der Waals surface area contributed by atoms with E-state index in [-0.39, 0.29) is 11.3 Å². The zero-order valence-corrected chi connectivity index (χ0v) is 11.6. The lowest BCUT2D eigenvalue weighted by molar-refractivity contribution is 0.0768. The molecule has 0 saturated carbocycles. The Morgan fingerprint density at radius 3 is 2.47 bits per heavy atom. The summed E-state index contributed by atoms with van der Waals surface area (Å²) in [6.07, 6.45) is 3.99. The Morgan fingerprint density at radius 2 is 1.89 bits per heavy atom. The zero-order valence-electron chi connectivity index (χ0n) is 10.8. The van der Waals surface area contributed by atoms with Crippen molar-refractivity contribution in [2.24, 2.45) is 0 Å². The lowest BCUT2D eigenvalue weighted by Gasteiger charge is -2.20. The summed E-state index contributed by atoms with van der Waals surface area (Å²) >= 11 is 1.83. The van der Waals surface area contributed by atoms with Crippen LogP contribution in [0.1, 0.15) is 17.3 Å². The molecule has 1 unspecified atom stereocenters. The van der Waals surface area contributed by atoms with Gasteiger partial charge in [0, 0.05) is 35.9 Å². The minimum Gasteiger partial charge on any atom is -0.326 e. The highest BCUT2D eigenvalue weighted by Gasteiger charge is 2.26. The number of nitrogens with zero attached hydrogens (tertiary/aromatic N) is 2. The summed E-state index contributed by atoms with van der Waals surface area (Å²) in [6, 6.07) is 11.8. The molecular formula is C15H16N2OS. The highest BCUT2D eigenvalue weighted by Crippen LogP contribution is 2.25. The Morgan fingerprint density at radius 1 is 1.21 bits per heavy atom. The van der Waals surface area contributed by atoms with E-state index in [1.807, 2.05) is 70.0 Å². The standard InChI is InChI=1S/C15H16N2OS/c1-12-17(10-11-19-12)15(18)13-4-6-14(7-5-13)16-8-2-3-9-16/h2-9,12H,10-11H2,1H3. The molecule has 1 saturated heterocycles. The van der Waals surface area contributed by atoms with E-state index in [0.29, 0.717) is 0 Å². The summed E-state index contributed by atoms with van der Waals surface area (Å²) in [7, 11) is 0. The van der Waals surface area contributed by atoms with Crippen molar-refractivity contribution in [3.63, 3.8) is 0 Å². The summed E-state index contributed by atoms with van der Waals surface area (Å²) in [4.78, 5) is 14.3. The van der Waals surface area contributed by atoms with Crippen LogP contribution >= 0.6 is 11.8 Å². The molecule has 1 fully saturated rings. The van der Waals surface area contributed by atoms with Crippen molar-refractivity contribution in [2.45, 2.75) is 12.3 Å². The van der Waals surface area contributed by atoms with Gasteiger partial charge in [0.05, 0.1) is 5.37 Å². The Labute approximate surface area is 117 Å². The number of aromatic nitrogens is 1. The Hall–Kier alpha value is -1.68. The molecule has 1 aliphatic heterocycles. The van der Waals surface area contributed by atoms with Crippen molar-refractivity contribution in [1.29, 1.82) is 0 Å². The maximum atomic E-state index is 12.4. The summed E-state index contributed by atoms with van der Waals surface area (Å²) in [5.41, 5.74) is 1.84. The van der Waals surface area contributed by atoms with Crippen molar-refractivity contribution in [2.75, 3.05) is 12.3 Å². The quantitative estimate of drug-likeness (QED) is 0.839. The first-order valence-corrected chi connectivity index (χ1v) is 7.46. The molecule has 0 bridgehead atoms. The molecule has 2 heterocycles. The van der Waals surface area contributed by atoms with Gasteiger partial charge in [0.15, 0.2) is 0 Å². The third kappa shape index (κ3) is 2.40. The van der Waals surface area contributed by atoms with Gasteiger partial charge in [-0.05, 0) is 43.3 Å². The molecule has 1 amide bonds. The van der Waals surface area contributed by atoms with Crippen LogP contribution in [-0.4, -0.2) is 33.0 Å². The van der Waals surface area contributed by atoms with E-state index < -0.39 is 0 Å². The van der Waals surface area contributed by atoms with Crippen molar-refractivity contribution in [1.82, 2.24) is 9.47 Å². The molecule has 3 nitrogen and oxygen atoms in total. The van der Waals surface area contributed by atoms with Gasteiger partial charge in [-0.15, -0.1) is 11.8 Å². The van der Waals surface area contributed by atoms with Crippen molar-refractivity contribution < 1.29 is 4.79 Å². The van der Waals surface area contributed by atoms with E-state index in [2.05, 4.69) is 6.92 Å². The number of amides is 1. The molecule has 0 N–H and O–H groups in total. The molecular weight excluding hydrogens is 256 g/mol. The average molecular weight is 272 g/mol. The molecule has 4 heteroatoms. The SMILES string of the molecule is CC1SCCN1C(=O)c1ccc(-n2cccc2)cc1. The number of rotatable bonds is 2. The Balaban J connectivity index is 1.81. The van der Waals surface area contributed by atoms with Gasteiger partial charge in [0.25, 0.3) is 5.91 Å². The number of benzene rings is 1. The Bertz CT molecular complexity index is 562. The highest BCUT2D eigenvalue weighted by atomic mass is 32.2. The lowest BCUT2D eigenvalue weighted by atomic mass is 10.2. The number of carbonyl (C=O) groups is 1. The smallest absolute Gasteiger partial charge is 0.254 e. The predicted octanol–water partition coefficient (Wildman–Crippen LogP) is 3.01. The van der Waals surface area contributed by atoms with Crippen molar-refractivity contribution in [3.05, 3.63) is 54.4 Å². The van der Waals surface area contributed by atoms with Gasteiger partial charge >= 0.3 is 0 Å². The fourth-order valence-electron chi connectivity index (χ4n) is 2.31. The Kier molecular flexibility index (Phi) is 3.34. The van der Waals surface area contributed by atoms with Crippen molar-refractivity contribution >= 4 is 17.7 Å². The van der Waals surface area contributed by atoms with Crippen molar-refractivity contribution in [3.8, 4) is 5.69 Å². The number of carbonyl (C=O) groups excluding carboxylic acids is 1. The van der Waals surface area contributed by atoms with Gasteiger partial charge in [-0.2, -0.15) is 0 Å². The van der Waals surface area contributed by atoms with Crippen LogP contribution in [0.25, 0.3) is 5.69 Å². The van der Waals surface area contributed by atoms with E-state index in [0.717, 1.165) is 23.5 Å². The minimum absolute atomic E-state index is 0.136. The van der Waals surface area contributed by atoms with E-state index >= 15 is 0 Å². The third-order valence-corrected chi connectivity index (χ3v) is 4.56. The third-order valence-electron chi connectivity index (χ3n) is 3.41. The van der Waals surface area contributed by atoms with Crippen LogP contribution in [0.2, 0.25) is 0 Å². The topological polar surface area (TPSA) is 25.2 Å². The fourth-order valence-corrected chi connectivity index (χ4v) is 3.33. The summed E-state index contributed by atoms with van der Waals surface area (Å²) < 4.78 is 2.03. The molecule has 0 aliphatic carbocycles. The van der Waals surface area contributed by atoms with Gasteiger partial charge in [-0.25, -0.2) is 0 Å². The number of thioether (sulfide) groups is 1. The molecule has 19 heavy (non-hydrogen) atoms. The van der Waals surface area contributed by atoms with E-state index in [9.17, 15) is 4.79 Å². The summed E-state index contributed by atoms with van der Waals surface area (Å²) in [5, 5.41) is 0.289. The van der Waals surface area contributed by atoms with E-state index in [1.54, 1.807) is 0 Å². The van der Waals surface area contributed by atoms with Gasteiger partial charge in [-0.3, -0.25) is 4.79 Å². The van der Waals surface area contributed by atoms with Gasteiger partial charge in [0.2, 0.25) is 0 Å². The van der Waals surface area contributed by atoms with Gasteiger partial charge < -0.3 is 9.47 Å². The number of hydrogen-bond donors (Lipinski definition) is 0. The van der Waals surface area contributed by atoms with Crippen LogP contribution in [0.15, 0.2) is 48.8 Å². The van der Waals surface area contributed by atoms with E-state index in [1.165, 1.54) is 0 Å². The second-order valence-electron chi connectivity index (χ2n) is 4.61. The van der Waals surface area contributed by atoms with E-state index in [4.69, 9.17) is 0 Å². The van der Waals surface area contributed by atoms with Gasteiger partial charge in [-0.1, -0.05) is 0 Å². The van der Waals surface area contributed by atoms with Crippen LogP contribution in [0.4, 0.5) is 0 Å². The average Bonchev–Trinajstić information content (AvgIpc) is 3.09. The monoisotopic (exact) mass is 272 g/mol. The predicted molar refractivity (Wildman–Crippen MR) is 78.7 cm³/mol. The fraction of sp³-hybridized carbons (Fsp3) is 0.267. The molecule has 1 aliphatic rings. The molecule has 3 rings (SSSR count).